The van der Waals surface area contributed by atoms with Gasteiger partial charge in [-0.05, 0) is 30.9 Å². The third-order valence-corrected chi connectivity index (χ3v) is 4.51. The van der Waals surface area contributed by atoms with Gasteiger partial charge in [-0.15, -0.1) is 0 Å². The third kappa shape index (κ3) is 3.84. The molecule has 0 aliphatic heterocycles. The maximum atomic E-state index is 12.0. The Morgan fingerprint density at radius 2 is 2.29 bits per heavy atom. The molecule has 1 fully saturated rings. The van der Waals surface area contributed by atoms with Crippen molar-refractivity contribution in [1.82, 2.24) is 14.9 Å². The number of carbonyl (C=O) groups is 1. The minimum absolute atomic E-state index is 0.108. The average Bonchev–Trinajstić information content (AvgIpc) is 2.89. The first-order valence-electron chi connectivity index (χ1n) is 8.48. The highest BCUT2D eigenvalue weighted by molar-refractivity contribution is 5.78. The average molecular weight is 333 g/mol. The summed E-state index contributed by atoms with van der Waals surface area (Å²) in [6, 6.07) is 3.33. The highest BCUT2D eigenvalue weighted by atomic mass is 16.5. The number of carbonyl (C=O) groups excluding carboxylic acids is 1. The van der Waals surface area contributed by atoms with Crippen molar-refractivity contribution in [2.24, 2.45) is 5.92 Å². The quantitative estimate of drug-likeness (QED) is 0.813. The number of nitrogens with one attached hydrogen (secondary N) is 1. The number of rotatable bonds is 6. The van der Waals surface area contributed by atoms with Gasteiger partial charge in [0.1, 0.15) is 6.54 Å². The summed E-state index contributed by atoms with van der Waals surface area (Å²) in [7, 11) is 0. The van der Waals surface area contributed by atoms with Gasteiger partial charge in [-0.1, -0.05) is 19.8 Å². The normalized spacial score (nSPS) is 21.0. The number of pyridine rings is 1. The van der Waals surface area contributed by atoms with E-state index in [0.717, 1.165) is 6.42 Å². The van der Waals surface area contributed by atoms with Crippen LogP contribution in [0.2, 0.25) is 0 Å². The standard InChI is InChI=1S/C17H23N3O4/c1-12-5-2-3-6-13(12)23-10-9-18-15(21)11-20-16-14(24-17(20)22)7-4-8-19-16/h4,7-8,12-13H,2-3,5-6,9-11H2,1H3,(H,18,21)/t12-,13-/m1/s1. The number of amides is 1. The molecule has 24 heavy (non-hydrogen) atoms. The Kier molecular flexibility index (Phi) is 5.30. The molecule has 0 radical (unpaired) electrons. The van der Waals surface area contributed by atoms with Crippen molar-refractivity contribution >= 4 is 17.1 Å². The van der Waals surface area contributed by atoms with Gasteiger partial charge in [0.2, 0.25) is 5.91 Å². The van der Waals surface area contributed by atoms with Crippen LogP contribution < -0.4 is 11.1 Å². The monoisotopic (exact) mass is 333 g/mol. The largest absolute Gasteiger partial charge is 0.421 e. The van der Waals surface area contributed by atoms with Gasteiger partial charge in [-0.3, -0.25) is 4.79 Å². The summed E-state index contributed by atoms with van der Waals surface area (Å²) in [4.78, 5) is 27.9. The topological polar surface area (TPSA) is 86.4 Å². The summed E-state index contributed by atoms with van der Waals surface area (Å²) in [5.74, 6) is -0.256. The van der Waals surface area contributed by atoms with E-state index in [1.165, 1.54) is 23.8 Å². The van der Waals surface area contributed by atoms with Crippen LogP contribution in [0.5, 0.6) is 0 Å². The van der Waals surface area contributed by atoms with Crippen LogP contribution in [0.4, 0.5) is 0 Å². The number of fused-ring (bicyclic) bond motifs is 1. The number of hydrogen-bond acceptors (Lipinski definition) is 5. The Hall–Kier alpha value is -2.15. The van der Waals surface area contributed by atoms with Gasteiger partial charge in [-0.25, -0.2) is 14.3 Å². The van der Waals surface area contributed by atoms with Gasteiger partial charge in [0.15, 0.2) is 11.2 Å². The lowest BCUT2D eigenvalue weighted by molar-refractivity contribution is -0.122. The summed E-state index contributed by atoms with van der Waals surface area (Å²) in [6.07, 6.45) is 6.65. The summed E-state index contributed by atoms with van der Waals surface area (Å²) >= 11 is 0. The maximum Gasteiger partial charge on any atom is 0.421 e. The van der Waals surface area contributed by atoms with Crippen molar-refractivity contribution in [3.8, 4) is 0 Å². The van der Waals surface area contributed by atoms with Crippen LogP contribution in [-0.2, 0) is 16.1 Å². The molecule has 0 unspecified atom stereocenters. The Bertz CT molecular complexity index is 752. The molecule has 1 saturated carbocycles. The molecular formula is C17H23N3O4. The van der Waals surface area contributed by atoms with Crippen LogP contribution in [-0.4, -0.2) is 34.7 Å². The fourth-order valence-electron chi connectivity index (χ4n) is 3.17. The Morgan fingerprint density at radius 1 is 1.46 bits per heavy atom. The molecule has 2 heterocycles. The first-order valence-corrected chi connectivity index (χ1v) is 8.48. The summed E-state index contributed by atoms with van der Waals surface area (Å²) in [6.45, 7) is 3.02. The summed E-state index contributed by atoms with van der Waals surface area (Å²) in [5, 5.41) is 2.77. The first kappa shape index (κ1) is 16.7. The predicted octanol–water partition coefficient (Wildman–Crippen LogP) is 1.70. The van der Waals surface area contributed by atoms with E-state index in [1.54, 1.807) is 18.3 Å². The molecular weight excluding hydrogens is 310 g/mol. The number of hydrogen-bond donors (Lipinski definition) is 1. The van der Waals surface area contributed by atoms with Crippen LogP contribution in [0.25, 0.3) is 11.2 Å². The summed E-state index contributed by atoms with van der Waals surface area (Å²) in [5.41, 5.74) is 0.759. The zero-order valence-corrected chi connectivity index (χ0v) is 13.9. The molecule has 7 heteroatoms. The molecule has 0 saturated heterocycles. The van der Waals surface area contributed by atoms with Crippen molar-refractivity contribution in [2.45, 2.75) is 45.3 Å². The lowest BCUT2D eigenvalue weighted by Crippen LogP contribution is -2.34. The van der Waals surface area contributed by atoms with E-state index in [2.05, 4.69) is 17.2 Å². The second kappa shape index (κ2) is 7.61. The highest BCUT2D eigenvalue weighted by Gasteiger charge is 2.21. The van der Waals surface area contributed by atoms with Crippen LogP contribution in [0.3, 0.4) is 0 Å². The van der Waals surface area contributed by atoms with Gasteiger partial charge in [0.05, 0.1) is 12.7 Å². The molecule has 1 aliphatic carbocycles. The van der Waals surface area contributed by atoms with Gasteiger partial charge in [0.25, 0.3) is 0 Å². The second-order valence-corrected chi connectivity index (χ2v) is 6.30. The second-order valence-electron chi connectivity index (χ2n) is 6.30. The van der Waals surface area contributed by atoms with Gasteiger partial charge < -0.3 is 14.5 Å². The van der Waals surface area contributed by atoms with E-state index in [4.69, 9.17) is 9.15 Å². The molecule has 2 aromatic heterocycles. The minimum Gasteiger partial charge on any atom is -0.406 e. The van der Waals surface area contributed by atoms with E-state index < -0.39 is 5.76 Å². The Morgan fingerprint density at radius 3 is 3.12 bits per heavy atom. The Labute approximate surface area is 140 Å². The minimum atomic E-state index is -0.578. The van der Waals surface area contributed by atoms with Gasteiger partial charge in [-0.2, -0.15) is 0 Å². The fraction of sp³-hybridized carbons (Fsp3) is 0.588. The Balaban J connectivity index is 1.47. The van der Waals surface area contributed by atoms with E-state index >= 15 is 0 Å². The molecule has 0 spiro atoms. The molecule has 1 aliphatic rings. The van der Waals surface area contributed by atoms with Crippen LogP contribution in [0, 0.1) is 5.92 Å². The molecule has 1 N–H and O–H groups in total. The fourth-order valence-corrected chi connectivity index (χ4v) is 3.17. The number of ether oxygens (including phenoxy) is 1. The molecule has 130 valence electrons. The third-order valence-electron chi connectivity index (χ3n) is 4.51. The molecule has 0 aromatic carbocycles. The first-order chi connectivity index (χ1) is 11.6. The van der Waals surface area contributed by atoms with E-state index in [0.29, 0.717) is 36.4 Å². The van der Waals surface area contributed by atoms with Crippen molar-refractivity contribution in [3.63, 3.8) is 0 Å². The van der Waals surface area contributed by atoms with Crippen LogP contribution in [0.15, 0.2) is 27.5 Å². The lowest BCUT2D eigenvalue weighted by Gasteiger charge is -2.28. The molecule has 3 rings (SSSR count). The van der Waals surface area contributed by atoms with E-state index in [1.807, 2.05) is 0 Å². The van der Waals surface area contributed by atoms with Crippen molar-refractivity contribution < 1.29 is 13.9 Å². The molecule has 2 atom stereocenters. The van der Waals surface area contributed by atoms with E-state index in [9.17, 15) is 9.59 Å². The van der Waals surface area contributed by atoms with Crippen LogP contribution in [0.1, 0.15) is 32.6 Å². The number of aromatic nitrogens is 2. The summed E-state index contributed by atoms with van der Waals surface area (Å²) < 4.78 is 12.1. The maximum absolute atomic E-state index is 12.0. The van der Waals surface area contributed by atoms with E-state index in [-0.39, 0.29) is 12.5 Å². The predicted molar refractivity (Wildman–Crippen MR) is 88.7 cm³/mol. The van der Waals surface area contributed by atoms with Crippen LogP contribution >= 0.6 is 0 Å². The van der Waals surface area contributed by atoms with Crippen molar-refractivity contribution in [3.05, 3.63) is 28.9 Å². The zero-order chi connectivity index (χ0) is 16.9. The zero-order valence-electron chi connectivity index (χ0n) is 13.9. The smallest absolute Gasteiger partial charge is 0.406 e. The SMILES string of the molecule is C[C@@H]1CCCC[C@H]1OCCNC(=O)Cn1c(=O)oc2cccnc21. The molecule has 2 aromatic rings. The van der Waals surface area contributed by atoms with Crippen molar-refractivity contribution in [2.75, 3.05) is 13.2 Å². The van der Waals surface area contributed by atoms with Gasteiger partial charge in [0, 0.05) is 12.7 Å². The highest BCUT2D eigenvalue weighted by Crippen LogP contribution is 2.25. The molecule has 0 bridgehead atoms. The lowest BCUT2D eigenvalue weighted by atomic mass is 9.88. The van der Waals surface area contributed by atoms with Crippen molar-refractivity contribution in [1.29, 1.82) is 0 Å². The molecule has 7 nitrogen and oxygen atoms in total. The molecule has 1 amide bonds. The van der Waals surface area contributed by atoms with Gasteiger partial charge >= 0.3 is 5.76 Å². The number of oxazole rings is 1. The number of nitrogens with zero attached hydrogens (tertiary/aromatic N) is 2.